The van der Waals surface area contributed by atoms with E-state index in [1.165, 1.54) is 5.01 Å². The fraction of sp³-hybridized carbons (Fsp3) is 0.348. The van der Waals surface area contributed by atoms with Crippen LogP contribution in [0.4, 0.5) is 0 Å². The van der Waals surface area contributed by atoms with Crippen molar-refractivity contribution >= 4 is 52.3 Å². The lowest BCUT2D eigenvalue weighted by molar-refractivity contribution is -0.136. The van der Waals surface area contributed by atoms with Crippen molar-refractivity contribution < 1.29 is 9.59 Å². The first-order valence-corrected chi connectivity index (χ1v) is 11.3. The number of nitrogens with one attached hydrogen (secondary N) is 1. The van der Waals surface area contributed by atoms with Crippen LogP contribution >= 0.6 is 34.8 Å². The lowest BCUT2D eigenvalue weighted by Gasteiger charge is -2.18. The average Bonchev–Trinajstić information content (AvgIpc) is 3.54. The molecule has 1 saturated carbocycles. The number of hydrogen-bond donors (Lipinski definition) is 1. The number of carbonyl (C=O) groups excluding carboxylic acids is 2. The van der Waals surface area contributed by atoms with E-state index in [-0.39, 0.29) is 18.4 Å². The van der Waals surface area contributed by atoms with Crippen molar-refractivity contribution in [3.05, 3.63) is 68.7 Å². The minimum atomic E-state index is -0.292. The van der Waals surface area contributed by atoms with Crippen LogP contribution in [-0.4, -0.2) is 35.6 Å². The van der Waals surface area contributed by atoms with Crippen LogP contribution in [0.15, 0.2) is 47.6 Å². The minimum Gasteiger partial charge on any atom is -0.354 e. The Labute approximate surface area is 197 Å². The van der Waals surface area contributed by atoms with Crippen LogP contribution < -0.4 is 5.32 Å². The predicted octanol–water partition coefficient (Wildman–Crippen LogP) is 5.36. The zero-order valence-corrected chi connectivity index (χ0v) is 19.5. The van der Waals surface area contributed by atoms with E-state index in [2.05, 4.69) is 10.4 Å². The molecule has 1 N–H and O–H groups in total. The van der Waals surface area contributed by atoms with Crippen LogP contribution in [0.25, 0.3) is 0 Å². The van der Waals surface area contributed by atoms with E-state index in [0.717, 1.165) is 24.0 Å². The molecule has 0 unspecified atom stereocenters. The second-order valence-electron chi connectivity index (χ2n) is 7.59. The van der Waals surface area contributed by atoms with E-state index in [4.69, 9.17) is 34.8 Å². The number of amides is 2. The molecule has 1 fully saturated rings. The number of hydrazone groups is 1. The molecule has 1 aliphatic rings. The highest BCUT2D eigenvalue weighted by atomic mass is 35.5. The van der Waals surface area contributed by atoms with Crippen molar-refractivity contribution in [3.8, 4) is 0 Å². The Hall–Kier alpha value is -2.08. The number of halogens is 3. The fourth-order valence-corrected chi connectivity index (χ4v) is 3.79. The maximum Gasteiger partial charge on any atom is 0.243 e. The van der Waals surface area contributed by atoms with Gasteiger partial charge in [0, 0.05) is 28.0 Å². The SMILES string of the molecule is C/C(=N\N(CC(=O)NCCc1c(Cl)cccc1Cl)C(=O)CC1CC1)c1ccc(Cl)cc1. The van der Waals surface area contributed by atoms with Crippen molar-refractivity contribution in [2.24, 2.45) is 11.0 Å². The Morgan fingerprint density at radius 2 is 1.71 bits per heavy atom. The van der Waals surface area contributed by atoms with Gasteiger partial charge in [0.1, 0.15) is 6.54 Å². The molecule has 0 aromatic heterocycles. The summed E-state index contributed by atoms with van der Waals surface area (Å²) in [5.41, 5.74) is 2.25. The van der Waals surface area contributed by atoms with Gasteiger partial charge in [-0.05, 0) is 67.5 Å². The smallest absolute Gasteiger partial charge is 0.243 e. The van der Waals surface area contributed by atoms with Crippen molar-refractivity contribution in [3.63, 3.8) is 0 Å². The van der Waals surface area contributed by atoms with Gasteiger partial charge >= 0.3 is 0 Å². The maximum absolute atomic E-state index is 12.7. The Balaban J connectivity index is 1.63. The summed E-state index contributed by atoms with van der Waals surface area (Å²) in [6, 6.07) is 12.5. The van der Waals surface area contributed by atoms with E-state index in [1.54, 1.807) is 37.3 Å². The summed E-state index contributed by atoms with van der Waals surface area (Å²) in [6.07, 6.45) is 2.99. The molecule has 0 spiro atoms. The largest absolute Gasteiger partial charge is 0.354 e. The van der Waals surface area contributed by atoms with Crippen molar-refractivity contribution in [2.45, 2.75) is 32.6 Å². The first-order chi connectivity index (χ1) is 14.8. The lowest BCUT2D eigenvalue weighted by Crippen LogP contribution is -2.39. The molecule has 0 saturated heterocycles. The molecule has 2 amide bonds. The quantitative estimate of drug-likeness (QED) is 0.388. The second-order valence-corrected chi connectivity index (χ2v) is 8.84. The standard InChI is InChI=1S/C23H24Cl3N3O2/c1-15(17-7-9-18(24)10-8-17)28-29(23(31)13-16-5-6-16)14-22(30)27-12-11-19-20(25)3-2-4-21(19)26/h2-4,7-10,16H,5-6,11-14H2,1H3,(H,27,30)/b28-15+. The third kappa shape index (κ3) is 7.23. The van der Waals surface area contributed by atoms with Gasteiger partial charge in [0.2, 0.25) is 11.8 Å². The van der Waals surface area contributed by atoms with Gasteiger partial charge in [-0.3, -0.25) is 9.59 Å². The van der Waals surface area contributed by atoms with Gasteiger partial charge in [-0.1, -0.05) is 53.0 Å². The molecule has 2 aromatic rings. The lowest BCUT2D eigenvalue weighted by atomic mass is 10.1. The van der Waals surface area contributed by atoms with E-state index >= 15 is 0 Å². The molecule has 0 atom stereocenters. The molecular formula is C23H24Cl3N3O2. The molecule has 0 radical (unpaired) electrons. The highest BCUT2D eigenvalue weighted by Crippen LogP contribution is 2.33. The Kier molecular flexibility index (Phi) is 8.35. The molecule has 164 valence electrons. The molecule has 8 heteroatoms. The normalized spacial score (nSPS) is 13.7. The van der Waals surface area contributed by atoms with Gasteiger partial charge in [0.05, 0.1) is 5.71 Å². The first-order valence-electron chi connectivity index (χ1n) is 10.1. The summed E-state index contributed by atoms with van der Waals surface area (Å²) in [6.45, 7) is 2.01. The summed E-state index contributed by atoms with van der Waals surface area (Å²) in [5.74, 6) is -0.0495. The molecule has 0 heterocycles. The molecule has 0 bridgehead atoms. The van der Waals surface area contributed by atoms with Gasteiger partial charge in [0.25, 0.3) is 0 Å². The van der Waals surface area contributed by atoms with Crippen LogP contribution in [0, 0.1) is 5.92 Å². The minimum absolute atomic E-state index is 0.146. The molecule has 5 nitrogen and oxygen atoms in total. The van der Waals surface area contributed by atoms with Gasteiger partial charge in [-0.15, -0.1) is 0 Å². The van der Waals surface area contributed by atoms with E-state index < -0.39 is 0 Å². The zero-order valence-electron chi connectivity index (χ0n) is 17.2. The topological polar surface area (TPSA) is 61.8 Å². The van der Waals surface area contributed by atoms with E-state index in [9.17, 15) is 9.59 Å². The Morgan fingerprint density at radius 1 is 1.06 bits per heavy atom. The summed E-state index contributed by atoms with van der Waals surface area (Å²) in [5, 5.41) is 10.3. The zero-order chi connectivity index (χ0) is 22.4. The molecule has 1 aliphatic carbocycles. The molecule has 2 aromatic carbocycles. The van der Waals surface area contributed by atoms with Crippen LogP contribution in [0.3, 0.4) is 0 Å². The van der Waals surface area contributed by atoms with Crippen LogP contribution in [0.5, 0.6) is 0 Å². The monoisotopic (exact) mass is 479 g/mol. The van der Waals surface area contributed by atoms with Gasteiger partial charge < -0.3 is 5.32 Å². The van der Waals surface area contributed by atoms with Crippen LogP contribution in [0.1, 0.15) is 37.3 Å². The van der Waals surface area contributed by atoms with E-state index in [0.29, 0.717) is 46.1 Å². The number of hydrogen-bond acceptors (Lipinski definition) is 3. The van der Waals surface area contributed by atoms with E-state index in [1.807, 2.05) is 12.1 Å². The Bertz CT molecular complexity index is 952. The number of carbonyl (C=O) groups is 2. The van der Waals surface area contributed by atoms with Gasteiger partial charge in [0.15, 0.2) is 0 Å². The summed E-state index contributed by atoms with van der Waals surface area (Å²) in [4.78, 5) is 25.2. The summed E-state index contributed by atoms with van der Waals surface area (Å²) in [7, 11) is 0. The average molecular weight is 481 g/mol. The Morgan fingerprint density at radius 3 is 2.32 bits per heavy atom. The van der Waals surface area contributed by atoms with Gasteiger partial charge in [-0.25, -0.2) is 5.01 Å². The maximum atomic E-state index is 12.7. The van der Waals surface area contributed by atoms with Crippen LogP contribution in [0.2, 0.25) is 15.1 Å². The highest BCUT2D eigenvalue weighted by Gasteiger charge is 2.28. The number of nitrogens with zero attached hydrogens (tertiary/aromatic N) is 2. The number of rotatable bonds is 9. The molecule has 31 heavy (non-hydrogen) atoms. The predicted molar refractivity (Wildman–Crippen MR) is 126 cm³/mol. The van der Waals surface area contributed by atoms with Crippen LogP contribution in [-0.2, 0) is 16.0 Å². The first kappa shape index (κ1) is 23.6. The van der Waals surface area contributed by atoms with Crippen molar-refractivity contribution in [1.82, 2.24) is 10.3 Å². The second kappa shape index (κ2) is 11.0. The molecular weight excluding hydrogens is 457 g/mol. The third-order valence-corrected chi connectivity index (χ3v) is 5.99. The summed E-state index contributed by atoms with van der Waals surface area (Å²) < 4.78 is 0. The van der Waals surface area contributed by atoms with Gasteiger partial charge in [-0.2, -0.15) is 5.10 Å². The number of benzene rings is 2. The third-order valence-electron chi connectivity index (χ3n) is 5.03. The van der Waals surface area contributed by atoms with Crippen molar-refractivity contribution in [1.29, 1.82) is 0 Å². The molecule has 0 aliphatic heterocycles. The summed E-state index contributed by atoms with van der Waals surface area (Å²) >= 11 is 18.3. The molecule has 3 rings (SSSR count). The highest BCUT2D eigenvalue weighted by molar-refractivity contribution is 6.36. The van der Waals surface area contributed by atoms with Crippen molar-refractivity contribution in [2.75, 3.05) is 13.1 Å². The fourth-order valence-electron chi connectivity index (χ4n) is 3.07.